The van der Waals surface area contributed by atoms with Crippen LogP contribution in [0.25, 0.3) is 0 Å². The Kier molecular flexibility index (Phi) is 5.01. The first-order valence-corrected chi connectivity index (χ1v) is 10.0. The molecule has 2 atom stereocenters. The smallest absolute Gasteiger partial charge is 0.133 e. The third-order valence-electron chi connectivity index (χ3n) is 3.96. The van der Waals surface area contributed by atoms with Crippen LogP contribution < -0.4 is 4.74 Å². The highest BCUT2D eigenvalue weighted by molar-refractivity contribution is 9.10. The molecule has 0 aromatic heterocycles. The highest BCUT2D eigenvalue weighted by Crippen LogP contribution is 2.40. The lowest BCUT2D eigenvalue weighted by atomic mass is 9.91. The average molecular weight is 422 g/mol. The summed E-state index contributed by atoms with van der Waals surface area (Å²) in [5.41, 5.74) is 1.33. The average Bonchev–Trinajstić information content (AvgIpc) is 2.89. The summed E-state index contributed by atoms with van der Waals surface area (Å²) in [6.45, 7) is 0.822. The van der Waals surface area contributed by atoms with E-state index in [9.17, 15) is 0 Å². The summed E-state index contributed by atoms with van der Waals surface area (Å²) in [4.78, 5) is 0. The second-order valence-electron chi connectivity index (χ2n) is 5.47. The van der Waals surface area contributed by atoms with Crippen LogP contribution in [0.2, 0.25) is 0 Å². The normalized spacial score (nSPS) is 29.8. The summed E-state index contributed by atoms with van der Waals surface area (Å²) >= 11 is 9.08. The van der Waals surface area contributed by atoms with Crippen molar-refractivity contribution < 1.29 is 9.47 Å². The topological polar surface area (TPSA) is 18.5 Å². The predicted molar refractivity (Wildman–Crippen MR) is 91.0 cm³/mol. The molecule has 2 heterocycles. The van der Waals surface area contributed by atoms with Gasteiger partial charge in [0, 0.05) is 23.9 Å². The first-order chi connectivity index (χ1) is 9.71. The molecule has 1 spiro atoms. The molecular formula is C15H18Br2O2S. The number of hydrogen-bond acceptors (Lipinski definition) is 3. The van der Waals surface area contributed by atoms with E-state index in [1.807, 2.05) is 11.8 Å². The SMILES string of the molecule is BrCc1ccc(OC2CCOC3(CCSC3)C2)c(Br)c1. The van der Waals surface area contributed by atoms with Gasteiger partial charge in [0.1, 0.15) is 11.9 Å². The van der Waals surface area contributed by atoms with Crippen molar-refractivity contribution in [2.24, 2.45) is 0 Å². The van der Waals surface area contributed by atoms with E-state index in [0.29, 0.717) is 0 Å². The van der Waals surface area contributed by atoms with E-state index in [4.69, 9.17) is 9.47 Å². The molecule has 110 valence electrons. The van der Waals surface area contributed by atoms with Gasteiger partial charge in [0.15, 0.2) is 0 Å². The molecule has 2 fully saturated rings. The van der Waals surface area contributed by atoms with E-state index in [-0.39, 0.29) is 11.7 Å². The van der Waals surface area contributed by atoms with Gasteiger partial charge in [0.25, 0.3) is 0 Å². The minimum absolute atomic E-state index is 0.0792. The minimum Gasteiger partial charge on any atom is -0.489 e. The Bertz CT molecular complexity index is 475. The first-order valence-electron chi connectivity index (χ1n) is 6.93. The van der Waals surface area contributed by atoms with E-state index in [0.717, 1.165) is 40.8 Å². The Hall–Kier alpha value is 0.290. The standard InChI is InChI=1S/C15H18Br2O2S/c16-9-11-1-2-14(13(17)7-11)19-12-3-5-18-15(8-12)4-6-20-10-15/h1-2,7,12H,3-6,8-10H2. The summed E-state index contributed by atoms with van der Waals surface area (Å²) in [5.74, 6) is 3.29. The molecule has 2 unspecified atom stereocenters. The molecule has 2 aliphatic rings. The maximum absolute atomic E-state index is 6.22. The quantitative estimate of drug-likeness (QED) is 0.654. The molecule has 2 saturated heterocycles. The fraction of sp³-hybridized carbons (Fsp3) is 0.600. The van der Waals surface area contributed by atoms with Crippen molar-refractivity contribution in [1.82, 2.24) is 0 Å². The van der Waals surface area contributed by atoms with Crippen LogP contribution in [-0.2, 0) is 10.1 Å². The molecule has 0 radical (unpaired) electrons. The van der Waals surface area contributed by atoms with Crippen molar-refractivity contribution in [1.29, 1.82) is 0 Å². The maximum Gasteiger partial charge on any atom is 0.133 e. The molecule has 3 rings (SSSR count). The molecule has 5 heteroatoms. The maximum atomic E-state index is 6.22. The van der Waals surface area contributed by atoms with Crippen molar-refractivity contribution in [3.63, 3.8) is 0 Å². The van der Waals surface area contributed by atoms with Gasteiger partial charge in [-0.05, 0) is 45.8 Å². The predicted octanol–water partition coefficient (Wildman–Crippen LogP) is 4.78. The third kappa shape index (κ3) is 3.37. The van der Waals surface area contributed by atoms with Crippen molar-refractivity contribution in [3.05, 3.63) is 28.2 Å². The van der Waals surface area contributed by atoms with Crippen molar-refractivity contribution >= 4 is 43.6 Å². The van der Waals surface area contributed by atoms with Gasteiger partial charge in [-0.3, -0.25) is 0 Å². The lowest BCUT2D eigenvalue weighted by Crippen LogP contribution is -2.43. The number of benzene rings is 1. The van der Waals surface area contributed by atoms with Gasteiger partial charge in [-0.1, -0.05) is 22.0 Å². The van der Waals surface area contributed by atoms with Gasteiger partial charge >= 0.3 is 0 Å². The minimum atomic E-state index is 0.0792. The van der Waals surface area contributed by atoms with Gasteiger partial charge < -0.3 is 9.47 Å². The van der Waals surface area contributed by atoms with E-state index in [2.05, 4.69) is 50.1 Å². The molecule has 0 bridgehead atoms. The van der Waals surface area contributed by atoms with Gasteiger partial charge in [-0.2, -0.15) is 11.8 Å². The molecule has 20 heavy (non-hydrogen) atoms. The Morgan fingerprint density at radius 3 is 3.05 bits per heavy atom. The number of hydrogen-bond donors (Lipinski definition) is 0. The highest BCUT2D eigenvalue weighted by Gasteiger charge is 2.41. The van der Waals surface area contributed by atoms with Crippen LogP contribution in [0.5, 0.6) is 5.75 Å². The first kappa shape index (κ1) is 15.2. The fourth-order valence-corrected chi connectivity index (χ4v) is 5.10. The van der Waals surface area contributed by atoms with Gasteiger partial charge in [0.2, 0.25) is 0 Å². The largest absolute Gasteiger partial charge is 0.489 e. The second kappa shape index (κ2) is 6.59. The molecule has 2 aliphatic heterocycles. The van der Waals surface area contributed by atoms with Gasteiger partial charge in [-0.25, -0.2) is 0 Å². The number of halogens is 2. The number of alkyl halides is 1. The van der Waals surface area contributed by atoms with Crippen molar-refractivity contribution in [2.75, 3.05) is 18.1 Å². The number of rotatable bonds is 3. The van der Waals surface area contributed by atoms with Crippen LogP contribution in [0.1, 0.15) is 24.8 Å². The lowest BCUT2D eigenvalue weighted by Gasteiger charge is -2.37. The Balaban J connectivity index is 1.68. The van der Waals surface area contributed by atoms with Crippen LogP contribution in [0.3, 0.4) is 0 Å². The summed E-state index contributed by atoms with van der Waals surface area (Å²) in [5, 5.41) is 0.865. The fourth-order valence-electron chi connectivity index (χ4n) is 2.85. The molecule has 0 N–H and O–H groups in total. The molecule has 1 aromatic rings. The summed E-state index contributed by atoms with van der Waals surface area (Å²) in [6.07, 6.45) is 3.45. The number of ether oxygens (including phenoxy) is 2. The van der Waals surface area contributed by atoms with Crippen molar-refractivity contribution in [3.8, 4) is 5.75 Å². The molecule has 1 aromatic carbocycles. The molecule has 0 saturated carbocycles. The van der Waals surface area contributed by atoms with Gasteiger partial charge in [0.05, 0.1) is 16.7 Å². The number of thioether (sulfide) groups is 1. The Morgan fingerprint density at radius 2 is 2.35 bits per heavy atom. The molecule has 2 nitrogen and oxygen atoms in total. The van der Waals surface area contributed by atoms with Crippen LogP contribution in [0, 0.1) is 0 Å². The Labute approximate surface area is 141 Å². The Morgan fingerprint density at radius 1 is 1.45 bits per heavy atom. The zero-order valence-electron chi connectivity index (χ0n) is 11.2. The van der Waals surface area contributed by atoms with Crippen LogP contribution in [0.15, 0.2) is 22.7 Å². The molecular weight excluding hydrogens is 404 g/mol. The molecule has 0 aliphatic carbocycles. The summed E-state index contributed by atoms with van der Waals surface area (Å²) < 4.78 is 13.3. The van der Waals surface area contributed by atoms with Crippen LogP contribution >= 0.6 is 43.6 Å². The summed E-state index contributed by atoms with van der Waals surface area (Å²) in [6, 6.07) is 6.28. The van der Waals surface area contributed by atoms with E-state index in [1.165, 1.54) is 17.7 Å². The van der Waals surface area contributed by atoms with E-state index >= 15 is 0 Å². The van der Waals surface area contributed by atoms with Gasteiger partial charge in [-0.15, -0.1) is 0 Å². The van der Waals surface area contributed by atoms with E-state index in [1.54, 1.807) is 0 Å². The highest BCUT2D eigenvalue weighted by atomic mass is 79.9. The summed E-state index contributed by atoms with van der Waals surface area (Å²) in [7, 11) is 0. The van der Waals surface area contributed by atoms with Crippen molar-refractivity contribution in [2.45, 2.75) is 36.3 Å². The van der Waals surface area contributed by atoms with Crippen LogP contribution in [-0.4, -0.2) is 29.8 Å². The lowest BCUT2D eigenvalue weighted by molar-refractivity contribution is -0.0960. The zero-order valence-corrected chi connectivity index (χ0v) is 15.2. The third-order valence-corrected chi connectivity index (χ3v) is 6.45. The second-order valence-corrected chi connectivity index (χ2v) is 7.99. The van der Waals surface area contributed by atoms with Crippen LogP contribution in [0.4, 0.5) is 0 Å². The monoisotopic (exact) mass is 420 g/mol. The zero-order chi connectivity index (χ0) is 14.0. The molecule has 0 amide bonds. The van der Waals surface area contributed by atoms with E-state index < -0.39 is 0 Å².